The van der Waals surface area contributed by atoms with Crippen molar-refractivity contribution in [3.63, 3.8) is 0 Å². The maximum Gasteiger partial charge on any atom is 0.213 e. The topological polar surface area (TPSA) is 46.2 Å². The standard InChI is InChI=1S/C12H19N3OS/c1-4-5-9(2)14-12(17)15-10-6-7-11(16-3)13-8-10/h6-9H,4-5H2,1-3H3,(H2,14,15,17)/t9-/m1/s1. The number of anilines is 1. The molecule has 0 aliphatic rings. The summed E-state index contributed by atoms with van der Waals surface area (Å²) in [5, 5.41) is 6.93. The number of rotatable bonds is 5. The molecule has 1 atom stereocenters. The zero-order valence-electron chi connectivity index (χ0n) is 10.5. The van der Waals surface area contributed by atoms with Gasteiger partial charge in [0.1, 0.15) is 0 Å². The summed E-state index contributed by atoms with van der Waals surface area (Å²) < 4.78 is 4.98. The lowest BCUT2D eigenvalue weighted by atomic mass is 10.2. The van der Waals surface area contributed by atoms with Gasteiger partial charge < -0.3 is 15.4 Å². The van der Waals surface area contributed by atoms with Crippen molar-refractivity contribution in [2.75, 3.05) is 12.4 Å². The molecule has 0 saturated heterocycles. The maximum atomic E-state index is 5.21. The third kappa shape index (κ3) is 4.99. The van der Waals surface area contributed by atoms with E-state index in [0.717, 1.165) is 18.5 Å². The molecule has 0 fully saturated rings. The Morgan fingerprint density at radius 1 is 1.53 bits per heavy atom. The first-order valence-corrected chi connectivity index (χ1v) is 6.14. The highest BCUT2D eigenvalue weighted by Crippen LogP contribution is 2.10. The molecule has 0 spiro atoms. The summed E-state index contributed by atoms with van der Waals surface area (Å²) in [5.41, 5.74) is 0.854. The molecule has 0 aliphatic carbocycles. The van der Waals surface area contributed by atoms with E-state index in [1.807, 2.05) is 6.07 Å². The van der Waals surface area contributed by atoms with Gasteiger partial charge in [-0.15, -0.1) is 0 Å². The monoisotopic (exact) mass is 253 g/mol. The van der Waals surface area contributed by atoms with E-state index in [1.165, 1.54) is 0 Å². The van der Waals surface area contributed by atoms with E-state index in [1.54, 1.807) is 19.4 Å². The van der Waals surface area contributed by atoms with E-state index in [4.69, 9.17) is 17.0 Å². The summed E-state index contributed by atoms with van der Waals surface area (Å²) in [6.07, 6.45) is 3.93. The molecular weight excluding hydrogens is 234 g/mol. The van der Waals surface area contributed by atoms with Crippen LogP contribution in [-0.2, 0) is 0 Å². The molecule has 0 radical (unpaired) electrons. The van der Waals surface area contributed by atoms with Crippen LogP contribution in [0.15, 0.2) is 18.3 Å². The van der Waals surface area contributed by atoms with Crippen LogP contribution in [0.2, 0.25) is 0 Å². The van der Waals surface area contributed by atoms with Gasteiger partial charge in [-0.2, -0.15) is 0 Å². The highest BCUT2D eigenvalue weighted by molar-refractivity contribution is 7.80. The SMILES string of the molecule is CCC[C@@H](C)NC(=S)Nc1ccc(OC)nc1. The van der Waals surface area contributed by atoms with Gasteiger partial charge >= 0.3 is 0 Å². The summed E-state index contributed by atoms with van der Waals surface area (Å²) in [4.78, 5) is 4.09. The predicted octanol–water partition coefficient (Wildman–Crippen LogP) is 2.57. The molecule has 94 valence electrons. The van der Waals surface area contributed by atoms with E-state index in [2.05, 4.69) is 29.5 Å². The molecule has 5 heteroatoms. The molecule has 1 rings (SSSR count). The van der Waals surface area contributed by atoms with Crippen LogP contribution in [0.3, 0.4) is 0 Å². The van der Waals surface area contributed by atoms with Crippen molar-refractivity contribution in [2.24, 2.45) is 0 Å². The van der Waals surface area contributed by atoms with Gasteiger partial charge in [-0.3, -0.25) is 0 Å². The van der Waals surface area contributed by atoms with Gasteiger partial charge in [-0.1, -0.05) is 13.3 Å². The van der Waals surface area contributed by atoms with Gasteiger partial charge in [0.25, 0.3) is 0 Å². The number of hydrogen-bond donors (Lipinski definition) is 2. The molecule has 1 aromatic rings. The molecule has 0 amide bonds. The zero-order valence-corrected chi connectivity index (χ0v) is 11.3. The van der Waals surface area contributed by atoms with Crippen LogP contribution in [0.4, 0.5) is 5.69 Å². The van der Waals surface area contributed by atoms with Crippen LogP contribution < -0.4 is 15.4 Å². The van der Waals surface area contributed by atoms with Gasteiger partial charge in [0, 0.05) is 12.1 Å². The summed E-state index contributed by atoms with van der Waals surface area (Å²) in [5.74, 6) is 0.591. The quantitative estimate of drug-likeness (QED) is 0.790. The second kappa shape index (κ2) is 7.06. The third-order valence-electron chi connectivity index (χ3n) is 2.30. The number of nitrogens with one attached hydrogen (secondary N) is 2. The van der Waals surface area contributed by atoms with E-state index >= 15 is 0 Å². The Kier molecular flexibility index (Phi) is 5.69. The van der Waals surface area contributed by atoms with Crippen molar-refractivity contribution in [3.8, 4) is 5.88 Å². The van der Waals surface area contributed by atoms with Gasteiger partial charge in [-0.05, 0) is 31.6 Å². The number of aromatic nitrogens is 1. The summed E-state index contributed by atoms with van der Waals surface area (Å²) in [6, 6.07) is 4.05. The minimum atomic E-state index is 0.381. The lowest BCUT2D eigenvalue weighted by molar-refractivity contribution is 0.398. The second-order valence-corrected chi connectivity index (χ2v) is 4.29. The average molecular weight is 253 g/mol. The summed E-state index contributed by atoms with van der Waals surface area (Å²) >= 11 is 5.21. The molecular formula is C12H19N3OS. The Bertz CT molecular complexity index is 353. The van der Waals surface area contributed by atoms with E-state index in [0.29, 0.717) is 17.0 Å². The third-order valence-corrected chi connectivity index (χ3v) is 2.52. The Morgan fingerprint density at radius 3 is 2.82 bits per heavy atom. The van der Waals surface area contributed by atoms with E-state index < -0.39 is 0 Å². The van der Waals surface area contributed by atoms with Crippen LogP contribution >= 0.6 is 12.2 Å². The number of methoxy groups -OCH3 is 1. The number of hydrogen-bond acceptors (Lipinski definition) is 3. The van der Waals surface area contributed by atoms with Crippen molar-refractivity contribution < 1.29 is 4.74 Å². The average Bonchev–Trinajstić information content (AvgIpc) is 2.30. The van der Waals surface area contributed by atoms with Crippen LogP contribution in [-0.4, -0.2) is 23.2 Å². The van der Waals surface area contributed by atoms with Gasteiger partial charge in [0.15, 0.2) is 5.11 Å². The smallest absolute Gasteiger partial charge is 0.213 e. The lowest BCUT2D eigenvalue weighted by Crippen LogP contribution is -2.35. The fraction of sp³-hybridized carbons (Fsp3) is 0.500. The normalized spacial score (nSPS) is 11.7. The number of pyridine rings is 1. The highest BCUT2D eigenvalue weighted by Gasteiger charge is 2.03. The lowest BCUT2D eigenvalue weighted by Gasteiger charge is -2.16. The number of nitrogens with zero attached hydrogens (tertiary/aromatic N) is 1. The first-order chi connectivity index (χ1) is 8.15. The maximum absolute atomic E-state index is 5.21. The van der Waals surface area contributed by atoms with E-state index in [-0.39, 0.29) is 0 Å². The first kappa shape index (κ1) is 13.7. The number of thiocarbonyl (C=S) groups is 1. The van der Waals surface area contributed by atoms with Crippen LogP contribution in [0.25, 0.3) is 0 Å². The van der Waals surface area contributed by atoms with Crippen molar-refractivity contribution in [1.82, 2.24) is 10.3 Å². The highest BCUT2D eigenvalue weighted by atomic mass is 32.1. The van der Waals surface area contributed by atoms with Crippen LogP contribution in [0.1, 0.15) is 26.7 Å². The van der Waals surface area contributed by atoms with Crippen molar-refractivity contribution in [2.45, 2.75) is 32.7 Å². The van der Waals surface area contributed by atoms with Crippen molar-refractivity contribution in [3.05, 3.63) is 18.3 Å². The molecule has 1 aromatic heterocycles. The minimum absolute atomic E-state index is 0.381. The van der Waals surface area contributed by atoms with Crippen molar-refractivity contribution >= 4 is 23.0 Å². The van der Waals surface area contributed by atoms with Gasteiger partial charge in [0.05, 0.1) is 19.0 Å². The Morgan fingerprint density at radius 2 is 2.29 bits per heavy atom. The Hall–Kier alpha value is -1.36. The van der Waals surface area contributed by atoms with Gasteiger partial charge in [-0.25, -0.2) is 4.98 Å². The van der Waals surface area contributed by atoms with Crippen molar-refractivity contribution in [1.29, 1.82) is 0 Å². The Balaban J connectivity index is 2.44. The van der Waals surface area contributed by atoms with Crippen LogP contribution in [0.5, 0.6) is 5.88 Å². The molecule has 0 aromatic carbocycles. The zero-order chi connectivity index (χ0) is 12.7. The number of ether oxygens (including phenoxy) is 1. The summed E-state index contributed by atoms with van der Waals surface area (Å²) in [6.45, 7) is 4.27. The minimum Gasteiger partial charge on any atom is -0.481 e. The first-order valence-electron chi connectivity index (χ1n) is 5.73. The van der Waals surface area contributed by atoms with Crippen LogP contribution in [0, 0.1) is 0 Å². The fourth-order valence-electron chi connectivity index (χ4n) is 1.47. The largest absolute Gasteiger partial charge is 0.481 e. The predicted molar refractivity (Wildman–Crippen MR) is 74.5 cm³/mol. The molecule has 2 N–H and O–H groups in total. The molecule has 0 unspecified atom stereocenters. The summed E-state index contributed by atoms with van der Waals surface area (Å²) in [7, 11) is 1.59. The molecule has 0 bridgehead atoms. The molecule has 0 aliphatic heterocycles. The molecule has 17 heavy (non-hydrogen) atoms. The van der Waals surface area contributed by atoms with Gasteiger partial charge in [0.2, 0.25) is 5.88 Å². The Labute approximate surface area is 108 Å². The van der Waals surface area contributed by atoms with E-state index in [9.17, 15) is 0 Å². The molecule has 4 nitrogen and oxygen atoms in total. The fourth-order valence-corrected chi connectivity index (χ4v) is 1.79. The second-order valence-electron chi connectivity index (χ2n) is 3.88. The molecule has 1 heterocycles. The molecule has 0 saturated carbocycles.